The zero-order chi connectivity index (χ0) is 11.0. The number of rotatable bonds is 2. The third-order valence-electron chi connectivity index (χ3n) is 4.38. The van der Waals surface area contributed by atoms with Gasteiger partial charge >= 0.3 is 93.6 Å². The second-order valence-electron chi connectivity index (χ2n) is 5.43. The molecule has 0 unspecified atom stereocenters. The molecule has 0 aromatic carbocycles. The van der Waals surface area contributed by atoms with Crippen LogP contribution in [0.4, 0.5) is 0 Å². The van der Waals surface area contributed by atoms with E-state index in [-0.39, 0.29) is 0 Å². The summed E-state index contributed by atoms with van der Waals surface area (Å²) in [6.45, 7) is 2.26. The van der Waals surface area contributed by atoms with Crippen molar-refractivity contribution in [1.29, 1.82) is 0 Å². The Labute approximate surface area is 93.5 Å². The molecule has 2 aliphatic carbocycles. The van der Waals surface area contributed by atoms with Crippen molar-refractivity contribution in [2.24, 2.45) is 0 Å². The fourth-order valence-electron chi connectivity index (χ4n) is 2.61. The SMILES string of the molecule is C[CH]=[Ti]([CH3])([CH3])([C]1=CC=CC1)[C]1=CC=CC1. The molecule has 0 saturated heterocycles. The first-order chi connectivity index (χ1) is 7.07. The Hall–Kier alpha value is -0.456. The minimum absolute atomic E-state index is 1.17. The van der Waals surface area contributed by atoms with E-state index in [4.69, 9.17) is 0 Å². The van der Waals surface area contributed by atoms with Crippen molar-refractivity contribution in [1.82, 2.24) is 0 Å². The molecule has 2 rings (SSSR count). The van der Waals surface area contributed by atoms with E-state index in [1.807, 2.05) is 0 Å². The van der Waals surface area contributed by atoms with E-state index in [9.17, 15) is 0 Å². The van der Waals surface area contributed by atoms with Gasteiger partial charge in [-0.2, -0.15) is 0 Å². The van der Waals surface area contributed by atoms with Gasteiger partial charge in [0.05, 0.1) is 0 Å². The molecule has 0 aliphatic heterocycles. The minimum atomic E-state index is -2.61. The van der Waals surface area contributed by atoms with Gasteiger partial charge in [0, 0.05) is 0 Å². The summed E-state index contributed by atoms with van der Waals surface area (Å²) in [5.74, 6) is 0. The van der Waals surface area contributed by atoms with E-state index in [0.717, 1.165) is 0 Å². The summed E-state index contributed by atoms with van der Waals surface area (Å²) in [4.78, 5) is 0. The Bertz CT molecular complexity index is 426. The average Bonchev–Trinajstić information content (AvgIpc) is 2.91. The van der Waals surface area contributed by atoms with Crippen LogP contribution in [0.5, 0.6) is 0 Å². The van der Waals surface area contributed by atoms with Gasteiger partial charge in [0.25, 0.3) is 0 Å². The van der Waals surface area contributed by atoms with Crippen molar-refractivity contribution in [3.05, 3.63) is 44.2 Å². The van der Waals surface area contributed by atoms with Gasteiger partial charge in [-0.05, 0) is 0 Å². The normalized spacial score (nSPS) is 20.5. The Morgan fingerprint density at radius 1 is 1.00 bits per heavy atom. The third-order valence-corrected chi connectivity index (χ3v) is 14.4. The standard InChI is InChI=1S/2C5H5.C2H4.2CH3.Ti/c2*1-2-4-5-3-1;1-2;;;/h2*1-3H,4H2;1H,2H3;2*1H3;. The summed E-state index contributed by atoms with van der Waals surface area (Å²) >= 11 is -2.61. The number of allylic oxidation sites excluding steroid dienone is 8. The fourth-order valence-corrected chi connectivity index (χ4v) is 8.65. The molecule has 1 heteroatoms. The van der Waals surface area contributed by atoms with Gasteiger partial charge in [0.1, 0.15) is 0 Å². The van der Waals surface area contributed by atoms with Crippen LogP contribution in [-0.4, -0.2) is 4.31 Å². The van der Waals surface area contributed by atoms with Crippen molar-refractivity contribution < 1.29 is 14.8 Å². The Morgan fingerprint density at radius 2 is 1.47 bits per heavy atom. The zero-order valence-electron chi connectivity index (χ0n) is 9.96. The summed E-state index contributed by atoms with van der Waals surface area (Å²) in [6.07, 6.45) is 16.1. The molecule has 0 N–H and O–H groups in total. The van der Waals surface area contributed by atoms with Crippen LogP contribution >= 0.6 is 0 Å². The second-order valence-corrected chi connectivity index (χ2v) is 16.1. The molecule has 0 atom stereocenters. The summed E-state index contributed by atoms with van der Waals surface area (Å²) in [5.41, 5.74) is 0. The third kappa shape index (κ3) is 1.60. The first-order valence-corrected chi connectivity index (χ1v) is 11.4. The van der Waals surface area contributed by atoms with Gasteiger partial charge in [0.2, 0.25) is 0 Å². The van der Waals surface area contributed by atoms with E-state index in [1.165, 1.54) is 12.8 Å². The quantitative estimate of drug-likeness (QED) is 0.627. The van der Waals surface area contributed by atoms with Gasteiger partial charge in [-0.3, -0.25) is 0 Å². The van der Waals surface area contributed by atoms with E-state index < -0.39 is 14.8 Å². The summed E-state index contributed by atoms with van der Waals surface area (Å²) < 4.78 is 5.93. The molecule has 0 heterocycles. The molecule has 0 amide bonds. The van der Waals surface area contributed by atoms with Crippen LogP contribution in [-0.2, 0) is 14.8 Å². The second kappa shape index (κ2) is 3.54. The van der Waals surface area contributed by atoms with Crippen LogP contribution in [0.25, 0.3) is 0 Å². The molecule has 15 heavy (non-hydrogen) atoms. The predicted molar refractivity (Wildman–Crippen MR) is 67.1 cm³/mol. The summed E-state index contributed by atoms with van der Waals surface area (Å²) in [5, 5.41) is 5.07. The maximum absolute atomic E-state index is 2.61. The van der Waals surface area contributed by atoms with Crippen molar-refractivity contribution in [2.45, 2.75) is 30.2 Å². The molecular weight excluding hydrogens is 216 g/mol. The molecule has 2 aliphatic rings. The molecule has 0 aromatic rings. The molecule has 0 spiro atoms. The molecule has 0 nitrogen and oxygen atoms in total. The Morgan fingerprint density at radius 3 is 1.73 bits per heavy atom. The average molecular weight is 236 g/mol. The predicted octanol–water partition coefficient (Wildman–Crippen LogP) is 4.28. The number of hydrogen-bond donors (Lipinski definition) is 0. The van der Waals surface area contributed by atoms with Crippen molar-refractivity contribution >= 4 is 4.31 Å². The van der Waals surface area contributed by atoms with Crippen molar-refractivity contribution in [2.75, 3.05) is 0 Å². The maximum atomic E-state index is 2.54. The van der Waals surface area contributed by atoms with Gasteiger partial charge in [-0.25, -0.2) is 0 Å². The topological polar surface area (TPSA) is 0 Å². The monoisotopic (exact) mass is 236 g/mol. The van der Waals surface area contributed by atoms with Gasteiger partial charge in [-0.1, -0.05) is 0 Å². The first-order valence-electron chi connectivity index (χ1n) is 5.80. The number of hydrogen-bond acceptors (Lipinski definition) is 0. The van der Waals surface area contributed by atoms with Crippen LogP contribution in [0.2, 0.25) is 10.5 Å². The van der Waals surface area contributed by atoms with Crippen LogP contribution in [0, 0.1) is 0 Å². The van der Waals surface area contributed by atoms with Crippen LogP contribution < -0.4 is 0 Å². The Kier molecular flexibility index (Phi) is 2.60. The molecule has 0 saturated carbocycles. The molecule has 0 radical (unpaired) electrons. The van der Waals surface area contributed by atoms with Gasteiger partial charge in [-0.15, -0.1) is 0 Å². The summed E-state index contributed by atoms with van der Waals surface area (Å²) in [6, 6.07) is 0. The van der Waals surface area contributed by atoms with Gasteiger partial charge < -0.3 is 0 Å². The van der Waals surface area contributed by atoms with Gasteiger partial charge in [0.15, 0.2) is 0 Å². The van der Waals surface area contributed by atoms with Crippen molar-refractivity contribution in [3.8, 4) is 0 Å². The molecule has 0 fully saturated rings. The van der Waals surface area contributed by atoms with E-state index >= 15 is 0 Å². The van der Waals surface area contributed by atoms with Crippen LogP contribution in [0.15, 0.2) is 44.2 Å². The van der Waals surface area contributed by atoms with Crippen LogP contribution in [0.3, 0.4) is 0 Å². The molecule has 0 bridgehead atoms. The van der Waals surface area contributed by atoms with E-state index in [1.54, 1.807) is 7.76 Å². The van der Waals surface area contributed by atoms with E-state index in [0.29, 0.717) is 0 Å². The fraction of sp³-hybridized carbons (Fsp3) is 0.357. The molecule has 0 aromatic heterocycles. The zero-order valence-corrected chi connectivity index (χ0v) is 11.5. The van der Waals surface area contributed by atoms with Crippen molar-refractivity contribution in [3.63, 3.8) is 0 Å². The first kappa shape index (κ1) is 11.0. The summed E-state index contributed by atoms with van der Waals surface area (Å²) in [7, 11) is 0. The Balaban J connectivity index is 2.53. The molecule has 80 valence electrons. The molecular formula is C14H20Ti. The van der Waals surface area contributed by atoms with E-state index in [2.05, 4.69) is 58.2 Å². The van der Waals surface area contributed by atoms with Crippen LogP contribution in [0.1, 0.15) is 19.8 Å².